The quantitative estimate of drug-likeness (QED) is 0.646. The summed E-state index contributed by atoms with van der Waals surface area (Å²) in [6, 6.07) is 0. The predicted molar refractivity (Wildman–Crippen MR) is 37.6 cm³/mol. The molecular weight excluding hydrogens is 132 g/mol. The minimum atomic E-state index is -0.941. The van der Waals surface area contributed by atoms with Gasteiger partial charge in [0.05, 0.1) is 18.6 Å². The Balaban J connectivity index is 3.29. The van der Waals surface area contributed by atoms with Crippen LogP contribution in [-0.2, 0) is 9.53 Å². The zero-order chi connectivity index (χ0) is 8.20. The molecule has 0 heterocycles. The normalized spacial score (nSPS) is 11.5. The summed E-state index contributed by atoms with van der Waals surface area (Å²) in [6.45, 7) is 5.80. The number of aliphatic carboxylic acids is 1. The van der Waals surface area contributed by atoms with Gasteiger partial charge in [0.2, 0.25) is 0 Å². The molecule has 0 aromatic rings. The van der Waals surface area contributed by atoms with Gasteiger partial charge in [-0.25, -0.2) is 0 Å². The number of hydrogen-bond donors (Lipinski definition) is 1. The lowest BCUT2D eigenvalue weighted by atomic mass is 10.2. The fourth-order valence-corrected chi connectivity index (χ4v) is 0.363. The number of carboxylic acid groups (broad SMARTS) is 1. The fourth-order valence-electron chi connectivity index (χ4n) is 0.363. The van der Waals surface area contributed by atoms with Crippen LogP contribution in [-0.4, -0.2) is 23.3 Å². The van der Waals surface area contributed by atoms with Crippen molar-refractivity contribution >= 4 is 5.97 Å². The highest BCUT2D eigenvalue weighted by atomic mass is 16.5. The average molecular weight is 145 g/mol. The van der Waals surface area contributed by atoms with Crippen molar-refractivity contribution in [3.8, 4) is 0 Å². The molecule has 0 rings (SSSR count). The van der Waals surface area contributed by atoms with Crippen LogP contribution in [0.2, 0.25) is 0 Å². The van der Waals surface area contributed by atoms with E-state index in [1.165, 1.54) is 0 Å². The van der Waals surface area contributed by atoms with E-state index in [1.54, 1.807) is 0 Å². The Morgan fingerprint density at radius 1 is 1.60 bits per heavy atom. The Labute approximate surface area is 61.0 Å². The third-order valence-electron chi connectivity index (χ3n) is 0.774. The molecule has 0 bridgehead atoms. The molecule has 0 atom stereocenters. The molecule has 59 valence electrons. The van der Waals surface area contributed by atoms with Crippen LogP contribution in [0.25, 0.3) is 0 Å². The van der Waals surface area contributed by atoms with E-state index >= 15 is 0 Å². The zero-order valence-electron chi connectivity index (χ0n) is 6.55. The van der Waals surface area contributed by atoms with E-state index < -0.39 is 5.97 Å². The standard InChI is InChI=1S/C7H13O3/c1-7(2,3)10-5-4-6(8)9/h4H,5H2,1-3H3,(H,8,9). The van der Waals surface area contributed by atoms with Crippen LogP contribution < -0.4 is 0 Å². The van der Waals surface area contributed by atoms with Crippen LogP contribution in [0.15, 0.2) is 0 Å². The third kappa shape index (κ3) is 7.43. The molecule has 0 saturated heterocycles. The highest BCUT2D eigenvalue weighted by molar-refractivity contribution is 5.76. The Kier molecular flexibility index (Phi) is 3.36. The lowest BCUT2D eigenvalue weighted by molar-refractivity contribution is -0.134. The van der Waals surface area contributed by atoms with E-state index in [0.29, 0.717) is 0 Å². The molecule has 0 aromatic heterocycles. The lowest BCUT2D eigenvalue weighted by Crippen LogP contribution is -2.21. The Hall–Kier alpha value is -0.570. The molecule has 0 saturated carbocycles. The molecule has 0 aromatic carbocycles. The molecular formula is C7H13O3. The topological polar surface area (TPSA) is 46.5 Å². The third-order valence-corrected chi connectivity index (χ3v) is 0.774. The number of rotatable bonds is 3. The van der Waals surface area contributed by atoms with E-state index in [2.05, 4.69) is 0 Å². The smallest absolute Gasteiger partial charge is 0.309 e. The largest absolute Gasteiger partial charge is 0.481 e. The lowest BCUT2D eigenvalue weighted by Gasteiger charge is -2.18. The van der Waals surface area contributed by atoms with Gasteiger partial charge in [-0.15, -0.1) is 0 Å². The van der Waals surface area contributed by atoms with Gasteiger partial charge in [0.15, 0.2) is 0 Å². The van der Waals surface area contributed by atoms with Gasteiger partial charge in [0.1, 0.15) is 0 Å². The van der Waals surface area contributed by atoms with Crippen molar-refractivity contribution < 1.29 is 14.6 Å². The maximum atomic E-state index is 9.95. The molecule has 0 amide bonds. The fraction of sp³-hybridized carbons (Fsp3) is 0.714. The molecule has 0 aliphatic carbocycles. The molecule has 0 spiro atoms. The van der Waals surface area contributed by atoms with Crippen LogP contribution in [0.1, 0.15) is 20.8 Å². The molecule has 0 unspecified atom stereocenters. The van der Waals surface area contributed by atoms with Gasteiger partial charge in [-0.1, -0.05) is 0 Å². The van der Waals surface area contributed by atoms with Crippen LogP contribution in [0.4, 0.5) is 0 Å². The summed E-state index contributed by atoms with van der Waals surface area (Å²) >= 11 is 0. The van der Waals surface area contributed by atoms with Crippen LogP contribution in [0, 0.1) is 6.42 Å². The van der Waals surface area contributed by atoms with Gasteiger partial charge in [0.25, 0.3) is 0 Å². The summed E-state index contributed by atoms with van der Waals surface area (Å²) in [4.78, 5) is 9.95. The second-order valence-electron chi connectivity index (χ2n) is 2.97. The zero-order valence-corrected chi connectivity index (χ0v) is 6.55. The maximum absolute atomic E-state index is 9.95. The first kappa shape index (κ1) is 9.43. The minimum absolute atomic E-state index is 0.166. The van der Waals surface area contributed by atoms with Gasteiger partial charge in [-0.3, -0.25) is 4.79 Å². The highest BCUT2D eigenvalue weighted by Crippen LogP contribution is 2.06. The number of ether oxygens (including phenoxy) is 1. The summed E-state index contributed by atoms with van der Waals surface area (Å²) in [5.41, 5.74) is -0.258. The molecule has 0 fully saturated rings. The molecule has 0 aliphatic rings. The number of carbonyl (C=O) groups is 1. The van der Waals surface area contributed by atoms with Crippen molar-refractivity contribution in [1.82, 2.24) is 0 Å². The first-order valence-electron chi connectivity index (χ1n) is 3.12. The Bertz CT molecular complexity index is 113. The van der Waals surface area contributed by atoms with Gasteiger partial charge in [-0.05, 0) is 20.8 Å². The van der Waals surface area contributed by atoms with E-state index in [4.69, 9.17) is 9.84 Å². The van der Waals surface area contributed by atoms with E-state index in [1.807, 2.05) is 20.8 Å². The maximum Gasteiger partial charge on any atom is 0.309 e. The van der Waals surface area contributed by atoms with Crippen LogP contribution in [0.3, 0.4) is 0 Å². The van der Waals surface area contributed by atoms with Gasteiger partial charge < -0.3 is 9.84 Å². The Morgan fingerprint density at radius 3 is 2.40 bits per heavy atom. The summed E-state index contributed by atoms with van der Waals surface area (Å²) in [5.74, 6) is -0.941. The van der Waals surface area contributed by atoms with E-state index in [-0.39, 0.29) is 12.2 Å². The SMILES string of the molecule is CC(C)(C)OC[CH]C(=O)O. The van der Waals surface area contributed by atoms with Gasteiger partial charge in [-0.2, -0.15) is 0 Å². The van der Waals surface area contributed by atoms with Crippen molar-refractivity contribution in [2.45, 2.75) is 26.4 Å². The molecule has 3 heteroatoms. The predicted octanol–water partition coefficient (Wildman–Crippen LogP) is 1.09. The van der Waals surface area contributed by atoms with Gasteiger partial charge >= 0.3 is 5.97 Å². The molecule has 0 aliphatic heterocycles. The first-order chi connectivity index (χ1) is 4.42. The molecule has 1 radical (unpaired) electrons. The van der Waals surface area contributed by atoms with Crippen LogP contribution >= 0.6 is 0 Å². The summed E-state index contributed by atoms with van der Waals surface area (Å²) < 4.78 is 5.10. The highest BCUT2D eigenvalue weighted by Gasteiger charge is 2.10. The second kappa shape index (κ2) is 3.56. The van der Waals surface area contributed by atoms with E-state index in [9.17, 15) is 4.79 Å². The summed E-state index contributed by atoms with van der Waals surface area (Å²) in [7, 11) is 0. The first-order valence-corrected chi connectivity index (χ1v) is 3.12. The summed E-state index contributed by atoms with van der Waals surface area (Å²) in [5, 5.41) is 8.17. The van der Waals surface area contributed by atoms with Gasteiger partial charge in [0, 0.05) is 0 Å². The van der Waals surface area contributed by atoms with Crippen molar-refractivity contribution in [1.29, 1.82) is 0 Å². The minimum Gasteiger partial charge on any atom is -0.481 e. The number of hydrogen-bond acceptors (Lipinski definition) is 2. The average Bonchev–Trinajstić information content (AvgIpc) is 1.59. The summed E-state index contributed by atoms with van der Waals surface area (Å²) in [6.07, 6.45) is 1.09. The second-order valence-corrected chi connectivity index (χ2v) is 2.97. The monoisotopic (exact) mass is 145 g/mol. The van der Waals surface area contributed by atoms with Crippen molar-refractivity contribution in [3.05, 3.63) is 6.42 Å². The van der Waals surface area contributed by atoms with Crippen molar-refractivity contribution in [3.63, 3.8) is 0 Å². The van der Waals surface area contributed by atoms with Crippen LogP contribution in [0.5, 0.6) is 0 Å². The molecule has 3 nitrogen and oxygen atoms in total. The van der Waals surface area contributed by atoms with Crippen molar-refractivity contribution in [2.75, 3.05) is 6.61 Å². The number of carboxylic acids is 1. The van der Waals surface area contributed by atoms with Crippen molar-refractivity contribution in [2.24, 2.45) is 0 Å². The van der Waals surface area contributed by atoms with E-state index in [0.717, 1.165) is 6.42 Å². The Morgan fingerprint density at radius 2 is 2.10 bits per heavy atom. The molecule has 10 heavy (non-hydrogen) atoms. The molecule has 1 N–H and O–H groups in total.